The fourth-order valence-corrected chi connectivity index (χ4v) is 1.63. The maximum Gasteiger partial charge on any atom is 0.203 e. The van der Waals surface area contributed by atoms with E-state index < -0.39 is 0 Å². The van der Waals surface area contributed by atoms with Crippen LogP contribution in [0.2, 0.25) is 0 Å². The summed E-state index contributed by atoms with van der Waals surface area (Å²) in [6.45, 7) is 5.73. The van der Waals surface area contributed by atoms with Gasteiger partial charge in [-0.25, -0.2) is 0 Å². The van der Waals surface area contributed by atoms with Crippen LogP contribution in [-0.4, -0.2) is 21.3 Å². The van der Waals surface area contributed by atoms with Gasteiger partial charge in [-0.1, -0.05) is 12.2 Å². The van der Waals surface area contributed by atoms with Crippen LogP contribution in [-0.2, 0) is 0 Å². The molecule has 0 fully saturated rings. The minimum absolute atomic E-state index is 0.287. The summed E-state index contributed by atoms with van der Waals surface area (Å²) in [7, 11) is 4.72. The Kier molecular flexibility index (Phi) is 4.40. The highest BCUT2D eigenvalue weighted by atomic mass is 16.5. The number of methoxy groups -OCH3 is 3. The monoisotopic (exact) mass is 237 g/mol. The molecule has 1 atom stereocenters. The molecule has 94 valence electrons. The van der Waals surface area contributed by atoms with Crippen LogP contribution in [0.25, 0.3) is 0 Å². The molecule has 0 saturated heterocycles. The van der Waals surface area contributed by atoms with Crippen LogP contribution in [0, 0.1) is 0 Å². The molecule has 0 aliphatic carbocycles. The zero-order valence-corrected chi connectivity index (χ0v) is 10.7. The maximum absolute atomic E-state index is 6.05. The number of rotatable bonds is 5. The zero-order chi connectivity index (χ0) is 13.0. The lowest BCUT2D eigenvalue weighted by Gasteiger charge is -2.19. The molecule has 1 aromatic rings. The summed E-state index contributed by atoms with van der Waals surface area (Å²) in [5, 5.41) is 0. The maximum atomic E-state index is 6.05. The molecule has 1 aromatic carbocycles. The number of hydrogen-bond donors (Lipinski definition) is 1. The van der Waals surface area contributed by atoms with Crippen molar-refractivity contribution in [3.63, 3.8) is 0 Å². The van der Waals surface area contributed by atoms with Crippen molar-refractivity contribution in [3.8, 4) is 17.2 Å². The van der Waals surface area contributed by atoms with Gasteiger partial charge in [-0.2, -0.15) is 0 Å². The Morgan fingerprint density at radius 1 is 1.12 bits per heavy atom. The predicted octanol–water partition coefficient (Wildman–Crippen LogP) is 2.29. The van der Waals surface area contributed by atoms with Crippen LogP contribution in [0.3, 0.4) is 0 Å². The van der Waals surface area contributed by atoms with E-state index in [0.29, 0.717) is 17.2 Å². The lowest BCUT2D eigenvalue weighted by molar-refractivity contribution is 0.321. The van der Waals surface area contributed by atoms with Crippen molar-refractivity contribution < 1.29 is 14.2 Å². The van der Waals surface area contributed by atoms with Crippen molar-refractivity contribution in [2.45, 2.75) is 13.0 Å². The van der Waals surface area contributed by atoms with Crippen LogP contribution in [0.5, 0.6) is 17.2 Å². The van der Waals surface area contributed by atoms with E-state index in [0.717, 1.165) is 11.1 Å². The van der Waals surface area contributed by atoms with Crippen LogP contribution in [0.1, 0.15) is 18.5 Å². The molecule has 0 radical (unpaired) electrons. The van der Waals surface area contributed by atoms with Gasteiger partial charge in [0.25, 0.3) is 0 Å². The van der Waals surface area contributed by atoms with Gasteiger partial charge in [0.05, 0.1) is 27.4 Å². The van der Waals surface area contributed by atoms with E-state index in [2.05, 4.69) is 6.58 Å². The molecule has 0 aliphatic heterocycles. The average molecular weight is 237 g/mol. The van der Waals surface area contributed by atoms with Crippen LogP contribution < -0.4 is 19.9 Å². The molecule has 0 aromatic heterocycles. The highest BCUT2D eigenvalue weighted by Crippen LogP contribution is 2.42. The van der Waals surface area contributed by atoms with Gasteiger partial charge in [0, 0.05) is 5.56 Å². The molecule has 4 nitrogen and oxygen atoms in total. The third kappa shape index (κ3) is 2.53. The molecule has 0 heterocycles. The summed E-state index contributed by atoms with van der Waals surface area (Å²) < 4.78 is 15.9. The van der Waals surface area contributed by atoms with Gasteiger partial charge in [-0.3, -0.25) is 0 Å². The molecular formula is C13H19NO3. The minimum Gasteiger partial charge on any atom is -0.493 e. The number of hydrogen-bond acceptors (Lipinski definition) is 4. The molecule has 2 N–H and O–H groups in total. The molecule has 4 heteroatoms. The Balaban J connectivity index is 3.37. The SMILES string of the molecule is C=C(C)C(N)c1ccc(OC)c(OC)c1OC. The summed E-state index contributed by atoms with van der Waals surface area (Å²) >= 11 is 0. The second-order valence-corrected chi connectivity index (χ2v) is 3.75. The Morgan fingerprint density at radius 2 is 1.71 bits per heavy atom. The highest BCUT2D eigenvalue weighted by molar-refractivity contribution is 5.57. The first-order chi connectivity index (χ1) is 8.06. The Bertz CT molecular complexity index is 415. The second-order valence-electron chi connectivity index (χ2n) is 3.75. The Hall–Kier alpha value is -1.68. The third-order valence-corrected chi connectivity index (χ3v) is 2.60. The standard InChI is InChI=1S/C13H19NO3/c1-8(2)11(14)9-6-7-10(15-3)13(17-5)12(9)16-4/h6-7,11H,1,14H2,2-5H3. The molecule has 0 saturated carbocycles. The summed E-state index contributed by atoms with van der Waals surface area (Å²) in [6, 6.07) is 3.38. The quantitative estimate of drug-likeness (QED) is 0.798. The number of nitrogens with two attached hydrogens (primary N) is 1. The van der Waals surface area contributed by atoms with E-state index in [9.17, 15) is 0 Å². The lowest BCUT2D eigenvalue weighted by atomic mass is 10.00. The van der Waals surface area contributed by atoms with Crippen molar-refractivity contribution in [2.75, 3.05) is 21.3 Å². The lowest BCUT2D eigenvalue weighted by Crippen LogP contribution is -2.13. The van der Waals surface area contributed by atoms with Gasteiger partial charge >= 0.3 is 0 Å². The van der Waals surface area contributed by atoms with E-state index in [1.807, 2.05) is 13.0 Å². The first-order valence-electron chi connectivity index (χ1n) is 5.26. The second kappa shape index (κ2) is 5.59. The van der Waals surface area contributed by atoms with E-state index in [-0.39, 0.29) is 6.04 Å². The molecule has 1 unspecified atom stereocenters. The smallest absolute Gasteiger partial charge is 0.203 e. The number of benzene rings is 1. The Morgan fingerprint density at radius 3 is 2.12 bits per heavy atom. The van der Waals surface area contributed by atoms with Gasteiger partial charge < -0.3 is 19.9 Å². The Labute approximate surface area is 102 Å². The highest BCUT2D eigenvalue weighted by Gasteiger charge is 2.20. The number of ether oxygens (including phenoxy) is 3. The third-order valence-electron chi connectivity index (χ3n) is 2.60. The van der Waals surface area contributed by atoms with Crippen molar-refractivity contribution in [1.82, 2.24) is 0 Å². The van der Waals surface area contributed by atoms with Crippen LogP contribution in [0.4, 0.5) is 0 Å². The first-order valence-corrected chi connectivity index (χ1v) is 5.26. The van der Waals surface area contributed by atoms with Gasteiger partial charge in [0.2, 0.25) is 5.75 Å². The van der Waals surface area contributed by atoms with E-state index in [1.165, 1.54) is 0 Å². The minimum atomic E-state index is -0.287. The molecule has 0 spiro atoms. The summed E-state index contributed by atoms with van der Waals surface area (Å²) in [5.41, 5.74) is 7.74. The van der Waals surface area contributed by atoms with E-state index in [4.69, 9.17) is 19.9 Å². The van der Waals surface area contributed by atoms with Crippen molar-refractivity contribution in [1.29, 1.82) is 0 Å². The fourth-order valence-electron chi connectivity index (χ4n) is 1.63. The molecular weight excluding hydrogens is 218 g/mol. The first kappa shape index (κ1) is 13.4. The van der Waals surface area contributed by atoms with Gasteiger partial charge in [-0.15, -0.1) is 0 Å². The van der Waals surface area contributed by atoms with Crippen molar-refractivity contribution in [2.24, 2.45) is 5.73 Å². The topological polar surface area (TPSA) is 53.7 Å². The van der Waals surface area contributed by atoms with Crippen LogP contribution >= 0.6 is 0 Å². The van der Waals surface area contributed by atoms with Crippen LogP contribution in [0.15, 0.2) is 24.3 Å². The largest absolute Gasteiger partial charge is 0.493 e. The summed E-state index contributed by atoms with van der Waals surface area (Å²) in [5.74, 6) is 1.74. The fraction of sp³-hybridized carbons (Fsp3) is 0.385. The molecule has 0 aliphatic rings. The molecule has 1 rings (SSSR count). The van der Waals surface area contributed by atoms with Crippen molar-refractivity contribution >= 4 is 0 Å². The summed E-state index contributed by atoms with van der Waals surface area (Å²) in [6.07, 6.45) is 0. The van der Waals surface area contributed by atoms with Gasteiger partial charge in [0.1, 0.15) is 0 Å². The zero-order valence-electron chi connectivity index (χ0n) is 10.7. The van der Waals surface area contributed by atoms with E-state index >= 15 is 0 Å². The van der Waals surface area contributed by atoms with Gasteiger partial charge in [0.15, 0.2) is 11.5 Å². The average Bonchev–Trinajstić information content (AvgIpc) is 2.35. The normalized spacial score (nSPS) is 11.8. The van der Waals surface area contributed by atoms with Gasteiger partial charge in [-0.05, 0) is 19.1 Å². The molecule has 17 heavy (non-hydrogen) atoms. The summed E-state index contributed by atoms with van der Waals surface area (Å²) in [4.78, 5) is 0. The predicted molar refractivity (Wildman–Crippen MR) is 67.8 cm³/mol. The molecule has 0 amide bonds. The van der Waals surface area contributed by atoms with E-state index in [1.54, 1.807) is 27.4 Å². The van der Waals surface area contributed by atoms with Crippen molar-refractivity contribution in [3.05, 3.63) is 29.8 Å². The molecule has 0 bridgehead atoms.